The fourth-order valence-corrected chi connectivity index (χ4v) is 2.05. The van der Waals surface area contributed by atoms with E-state index in [1.807, 2.05) is 32.0 Å². The van der Waals surface area contributed by atoms with Crippen LogP contribution in [0.1, 0.15) is 12.5 Å². The van der Waals surface area contributed by atoms with Crippen LogP contribution in [0.2, 0.25) is 5.02 Å². The Morgan fingerprint density at radius 1 is 1.09 bits per heavy atom. The van der Waals surface area contributed by atoms with Gasteiger partial charge >= 0.3 is 6.03 Å². The molecular formula is C17H19ClN2O3. The summed E-state index contributed by atoms with van der Waals surface area (Å²) in [7, 11) is 0. The van der Waals surface area contributed by atoms with Gasteiger partial charge in [-0.05, 0) is 55.8 Å². The van der Waals surface area contributed by atoms with Crippen LogP contribution in [-0.4, -0.2) is 19.4 Å². The highest BCUT2D eigenvalue weighted by Crippen LogP contribution is 2.20. The number of anilines is 1. The third kappa shape index (κ3) is 5.38. The molecule has 0 heterocycles. The van der Waals surface area contributed by atoms with E-state index >= 15 is 0 Å². The molecule has 6 heteroatoms. The topological polar surface area (TPSA) is 59.6 Å². The highest BCUT2D eigenvalue weighted by atomic mass is 35.5. The summed E-state index contributed by atoms with van der Waals surface area (Å²) in [6, 6.07) is 12.1. The minimum absolute atomic E-state index is 0.0550. The maximum atomic E-state index is 11.8. The van der Waals surface area contributed by atoms with E-state index in [2.05, 4.69) is 10.6 Å². The van der Waals surface area contributed by atoms with Gasteiger partial charge in [-0.2, -0.15) is 0 Å². The monoisotopic (exact) mass is 334 g/mol. The molecular weight excluding hydrogens is 316 g/mol. The Morgan fingerprint density at radius 3 is 2.39 bits per heavy atom. The largest absolute Gasteiger partial charge is 0.494 e. The Labute approximate surface area is 140 Å². The van der Waals surface area contributed by atoms with E-state index in [1.165, 1.54) is 0 Å². The first-order chi connectivity index (χ1) is 11.1. The number of urea groups is 1. The number of benzene rings is 2. The van der Waals surface area contributed by atoms with Gasteiger partial charge in [-0.3, -0.25) is 0 Å². The van der Waals surface area contributed by atoms with Crippen molar-refractivity contribution >= 4 is 23.3 Å². The van der Waals surface area contributed by atoms with Gasteiger partial charge in [-0.1, -0.05) is 17.7 Å². The van der Waals surface area contributed by atoms with Crippen molar-refractivity contribution in [3.05, 3.63) is 53.1 Å². The molecule has 0 bridgehead atoms. The molecule has 2 amide bonds. The first kappa shape index (κ1) is 17.0. The molecule has 122 valence electrons. The lowest BCUT2D eigenvalue weighted by Gasteiger charge is -2.11. The Kier molecular flexibility index (Phi) is 6.11. The van der Waals surface area contributed by atoms with E-state index in [0.29, 0.717) is 23.1 Å². The maximum absolute atomic E-state index is 11.8. The molecule has 2 aromatic rings. The summed E-state index contributed by atoms with van der Waals surface area (Å²) in [5.41, 5.74) is 1.59. The van der Waals surface area contributed by atoms with E-state index in [9.17, 15) is 4.79 Å². The Morgan fingerprint density at radius 2 is 1.74 bits per heavy atom. The predicted molar refractivity (Wildman–Crippen MR) is 91.4 cm³/mol. The molecule has 2 N–H and O–H groups in total. The molecule has 0 fully saturated rings. The lowest BCUT2D eigenvalue weighted by molar-refractivity contribution is 0.234. The van der Waals surface area contributed by atoms with Gasteiger partial charge in [0.25, 0.3) is 0 Å². The molecule has 0 unspecified atom stereocenters. The summed E-state index contributed by atoms with van der Waals surface area (Å²) in [4.78, 5) is 11.8. The summed E-state index contributed by atoms with van der Waals surface area (Å²) >= 11 is 5.91. The second kappa shape index (κ2) is 8.29. The third-order valence-corrected chi connectivity index (χ3v) is 3.29. The average molecular weight is 335 g/mol. The van der Waals surface area contributed by atoms with Crippen LogP contribution in [0.3, 0.4) is 0 Å². The molecule has 2 rings (SSSR count). The predicted octanol–water partition coefficient (Wildman–Crippen LogP) is 4.21. The van der Waals surface area contributed by atoms with Crippen LogP contribution in [0.4, 0.5) is 10.5 Å². The van der Waals surface area contributed by atoms with Crippen molar-refractivity contribution in [2.24, 2.45) is 0 Å². The number of carbonyl (C=O) groups is 1. The van der Waals surface area contributed by atoms with Crippen molar-refractivity contribution in [1.29, 1.82) is 0 Å². The van der Waals surface area contributed by atoms with Gasteiger partial charge in [-0.25, -0.2) is 4.79 Å². The van der Waals surface area contributed by atoms with E-state index in [4.69, 9.17) is 21.1 Å². The minimum atomic E-state index is -0.360. The van der Waals surface area contributed by atoms with E-state index in [1.54, 1.807) is 24.3 Å². The second-order valence-electron chi connectivity index (χ2n) is 4.78. The average Bonchev–Trinajstić information content (AvgIpc) is 2.53. The molecule has 0 aliphatic rings. The van der Waals surface area contributed by atoms with Crippen LogP contribution >= 0.6 is 11.6 Å². The van der Waals surface area contributed by atoms with Crippen molar-refractivity contribution in [1.82, 2.24) is 5.32 Å². The fourth-order valence-electron chi connectivity index (χ4n) is 1.88. The summed E-state index contributed by atoms with van der Waals surface area (Å²) in [5, 5.41) is 5.91. The highest BCUT2D eigenvalue weighted by Gasteiger charge is 2.05. The molecule has 0 saturated carbocycles. The number of carbonyl (C=O) groups excluding carboxylic acids is 1. The van der Waals surface area contributed by atoms with Crippen LogP contribution in [0.5, 0.6) is 11.5 Å². The fraction of sp³-hybridized carbons (Fsp3) is 0.235. The van der Waals surface area contributed by atoms with Gasteiger partial charge in [0.15, 0.2) is 6.73 Å². The minimum Gasteiger partial charge on any atom is -0.494 e. The number of rotatable bonds is 6. The van der Waals surface area contributed by atoms with E-state index in [0.717, 1.165) is 11.3 Å². The van der Waals surface area contributed by atoms with Gasteiger partial charge in [0.1, 0.15) is 11.5 Å². The van der Waals surface area contributed by atoms with Gasteiger partial charge < -0.3 is 20.1 Å². The van der Waals surface area contributed by atoms with Crippen LogP contribution in [0.25, 0.3) is 0 Å². The molecule has 0 atom stereocenters. The number of hydrogen-bond donors (Lipinski definition) is 2. The van der Waals surface area contributed by atoms with Crippen LogP contribution in [0, 0.1) is 6.92 Å². The second-order valence-corrected chi connectivity index (χ2v) is 5.22. The summed E-state index contributed by atoms with van der Waals surface area (Å²) in [5.74, 6) is 1.43. The van der Waals surface area contributed by atoms with Crippen molar-refractivity contribution in [2.75, 3.05) is 18.7 Å². The standard InChI is InChI=1S/C17H19ClN2O3/c1-3-22-14-6-8-15(9-7-14)23-11-19-17(21)20-16-10-13(18)5-4-12(16)2/h4-10H,3,11H2,1-2H3,(H2,19,20,21). The normalized spacial score (nSPS) is 10.0. The number of ether oxygens (including phenoxy) is 2. The number of amides is 2. The SMILES string of the molecule is CCOc1ccc(OCNC(=O)Nc2cc(Cl)ccc2C)cc1. The Bertz CT molecular complexity index is 659. The number of aryl methyl sites for hydroxylation is 1. The van der Waals surface area contributed by atoms with Crippen molar-refractivity contribution in [3.63, 3.8) is 0 Å². The quantitative estimate of drug-likeness (QED) is 0.778. The summed E-state index contributed by atoms with van der Waals surface area (Å²) in [6.07, 6.45) is 0. The lowest BCUT2D eigenvalue weighted by Crippen LogP contribution is -2.32. The maximum Gasteiger partial charge on any atom is 0.321 e. The van der Waals surface area contributed by atoms with Crippen molar-refractivity contribution < 1.29 is 14.3 Å². The van der Waals surface area contributed by atoms with Crippen LogP contribution in [-0.2, 0) is 0 Å². The van der Waals surface area contributed by atoms with Gasteiger partial charge in [0.2, 0.25) is 0 Å². The number of hydrogen-bond acceptors (Lipinski definition) is 3. The van der Waals surface area contributed by atoms with E-state index in [-0.39, 0.29) is 12.8 Å². The molecule has 0 aliphatic carbocycles. The molecule has 0 aliphatic heterocycles. The van der Waals surface area contributed by atoms with Crippen molar-refractivity contribution in [2.45, 2.75) is 13.8 Å². The first-order valence-corrected chi connectivity index (χ1v) is 7.63. The summed E-state index contributed by atoms with van der Waals surface area (Å²) < 4.78 is 10.8. The molecule has 23 heavy (non-hydrogen) atoms. The number of nitrogens with one attached hydrogen (secondary N) is 2. The van der Waals surface area contributed by atoms with Crippen LogP contribution < -0.4 is 20.1 Å². The number of halogens is 1. The third-order valence-electron chi connectivity index (χ3n) is 3.05. The van der Waals surface area contributed by atoms with E-state index < -0.39 is 0 Å². The first-order valence-electron chi connectivity index (χ1n) is 7.25. The molecule has 0 radical (unpaired) electrons. The molecule has 0 saturated heterocycles. The zero-order chi connectivity index (χ0) is 16.7. The zero-order valence-electron chi connectivity index (χ0n) is 13.1. The molecule has 0 aromatic heterocycles. The lowest BCUT2D eigenvalue weighted by atomic mass is 10.2. The zero-order valence-corrected chi connectivity index (χ0v) is 13.8. The highest BCUT2D eigenvalue weighted by molar-refractivity contribution is 6.31. The summed E-state index contributed by atoms with van der Waals surface area (Å²) in [6.45, 7) is 4.49. The smallest absolute Gasteiger partial charge is 0.321 e. The Balaban J connectivity index is 1.79. The van der Waals surface area contributed by atoms with Gasteiger partial charge in [0.05, 0.1) is 6.61 Å². The molecule has 5 nitrogen and oxygen atoms in total. The Hall–Kier alpha value is -2.40. The molecule has 0 spiro atoms. The van der Waals surface area contributed by atoms with Crippen molar-refractivity contribution in [3.8, 4) is 11.5 Å². The van der Waals surface area contributed by atoms with Gasteiger partial charge in [-0.15, -0.1) is 0 Å². The molecule has 2 aromatic carbocycles. The van der Waals surface area contributed by atoms with Crippen LogP contribution in [0.15, 0.2) is 42.5 Å². The van der Waals surface area contributed by atoms with Gasteiger partial charge in [0, 0.05) is 10.7 Å².